The van der Waals surface area contributed by atoms with E-state index in [9.17, 15) is 4.79 Å². The number of carbonyl (C=O) groups is 1. The molecule has 0 spiro atoms. The summed E-state index contributed by atoms with van der Waals surface area (Å²) in [5.74, 6) is -0.125. The van der Waals surface area contributed by atoms with E-state index in [-0.39, 0.29) is 5.56 Å². The van der Waals surface area contributed by atoms with Crippen LogP contribution in [0.4, 0.5) is 5.82 Å². The number of pyridine rings is 1. The molecular weight excluding hydrogens is 278 g/mol. The number of rotatable bonds is 5. The smallest absolute Gasteiger partial charge is 0.339 e. The lowest BCUT2D eigenvalue weighted by Gasteiger charge is -2.20. The Hall–Kier alpha value is -1.33. The monoisotopic (exact) mass is 297 g/mol. The molecule has 0 saturated carbocycles. The Labute approximate surface area is 123 Å². The van der Waals surface area contributed by atoms with Gasteiger partial charge in [-0.15, -0.1) is 0 Å². The number of nitrogens with zero attached hydrogens (tertiary/aromatic N) is 2. The predicted molar refractivity (Wildman–Crippen MR) is 79.5 cm³/mol. The van der Waals surface area contributed by atoms with Crippen molar-refractivity contribution in [3.63, 3.8) is 0 Å². The van der Waals surface area contributed by atoms with Crippen LogP contribution in [0.3, 0.4) is 0 Å². The molecule has 1 unspecified atom stereocenters. The quantitative estimate of drug-likeness (QED) is 0.818. The molecule has 1 aliphatic heterocycles. The zero-order valence-corrected chi connectivity index (χ0v) is 12.5. The molecule has 1 aromatic rings. The van der Waals surface area contributed by atoms with Gasteiger partial charge < -0.3 is 15.3 Å². The van der Waals surface area contributed by atoms with Crippen LogP contribution in [0.2, 0.25) is 5.15 Å². The highest BCUT2D eigenvalue weighted by atomic mass is 35.5. The maximum atomic E-state index is 11.1. The van der Waals surface area contributed by atoms with Crippen molar-refractivity contribution in [2.45, 2.75) is 26.3 Å². The van der Waals surface area contributed by atoms with Gasteiger partial charge in [0, 0.05) is 19.1 Å². The lowest BCUT2D eigenvalue weighted by molar-refractivity contribution is 0.0697. The van der Waals surface area contributed by atoms with E-state index in [0.29, 0.717) is 22.9 Å². The average molecular weight is 298 g/mol. The SMILES string of the molecule is CC(C)N1CCC(CNc2nc(Cl)ccc2C(=O)O)C1. The Bertz CT molecular complexity index is 493. The maximum absolute atomic E-state index is 11.1. The largest absolute Gasteiger partial charge is 0.478 e. The van der Waals surface area contributed by atoms with Gasteiger partial charge in [0.2, 0.25) is 0 Å². The molecule has 1 aliphatic rings. The summed E-state index contributed by atoms with van der Waals surface area (Å²) in [5, 5.41) is 12.6. The number of halogens is 1. The van der Waals surface area contributed by atoms with Gasteiger partial charge in [0.05, 0.1) is 0 Å². The molecule has 0 radical (unpaired) electrons. The van der Waals surface area contributed by atoms with Crippen LogP contribution in [0, 0.1) is 5.92 Å². The summed E-state index contributed by atoms with van der Waals surface area (Å²) in [4.78, 5) is 17.6. The van der Waals surface area contributed by atoms with Crippen LogP contribution in [-0.4, -0.2) is 46.6 Å². The molecule has 1 fully saturated rings. The first-order valence-corrected chi connectivity index (χ1v) is 7.23. The molecule has 2 heterocycles. The minimum absolute atomic E-state index is 0.160. The van der Waals surface area contributed by atoms with Gasteiger partial charge in [-0.05, 0) is 44.9 Å². The molecule has 0 aliphatic carbocycles. The van der Waals surface area contributed by atoms with Crippen molar-refractivity contribution in [1.82, 2.24) is 9.88 Å². The Morgan fingerprint density at radius 1 is 1.60 bits per heavy atom. The van der Waals surface area contributed by atoms with Gasteiger partial charge in [0.1, 0.15) is 16.5 Å². The number of anilines is 1. The number of likely N-dealkylation sites (tertiary alicyclic amines) is 1. The summed E-state index contributed by atoms with van der Waals surface area (Å²) < 4.78 is 0. The number of aromatic carboxylic acids is 1. The topological polar surface area (TPSA) is 65.5 Å². The minimum atomic E-state index is -0.994. The molecular formula is C14H20ClN3O2. The van der Waals surface area contributed by atoms with Crippen molar-refractivity contribution in [1.29, 1.82) is 0 Å². The van der Waals surface area contributed by atoms with Crippen molar-refractivity contribution < 1.29 is 9.90 Å². The van der Waals surface area contributed by atoms with Gasteiger partial charge in [0.15, 0.2) is 0 Å². The van der Waals surface area contributed by atoms with E-state index in [2.05, 4.69) is 29.0 Å². The van der Waals surface area contributed by atoms with Crippen molar-refractivity contribution in [3.05, 3.63) is 22.8 Å². The van der Waals surface area contributed by atoms with Gasteiger partial charge in [-0.2, -0.15) is 0 Å². The fraction of sp³-hybridized carbons (Fsp3) is 0.571. The highest BCUT2D eigenvalue weighted by Crippen LogP contribution is 2.21. The number of carboxylic acid groups (broad SMARTS) is 1. The van der Waals surface area contributed by atoms with E-state index in [0.717, 1.165) is 26.1 Å². The molecule has 2 N–H and O–H groups in total. The third-order valence-corrected chi connectivity index (χ3v) is 3.91. The van der Waals surface area contributed by atoms with E-state index < -0.39 is 5.97 Å². The van der Waals surface area contributed by atoms with E-state index in [1.54, 1.807) is 0 Å². The van der Waals surface area contributed by atoms with Crippen LogP contribution < -0.4 is 5.32 Å². The number of nitrogens with one attached hydrogen (secondary N) is 1. The van der Waals surface area contributed by atoms with Gasteiger partial charge in [-0.3, -0.25) is 0 Å². The zero-order valence-electron chi connectivity index (χ0n) is 11.8. The second kappa shape index (κ2) is 6.41. The molecule has 20 heavy (non-hydrogen) atoms. The van der Waals surface area contributed by atoms with Gasteiger partial charge in [-0.1, -0.05) is 11.6 Å². The third-order valence-electron chi connectivity index (χ3n) is 3.70. The molecule has 0 bridgehead atoms. The van der Waals surface area contributed by atoms with Gasteiger partial charge >= 0.3 is 5.97 Å². The zero-order chi connectivity index (χ0) is 14.7. The molecule has 110 valence electrons. The molecule has 1 saturated heterocycles. The first-order valence-electron chi connectivity index (χ1n) is 6.85. The standard InChI is InChI=1S/C14H20ClN3O2/c1-9(2)18-6-5-10(8-18)7-16-13-11(14(19)20)3-4-12(15)17-13/h3-4,9-10H,5-8H2,1-2H3,(H,16,17)(H,19,20). The van der Waals surface area contributed by atoms with Crippen molar-refractivity contribution in [2.75, 3.05) is 25.0 Å². The molecule has 1 aromatic heterocycles. The molecule has 0 amide bonds. The summed E-state index contributed by atoms with van der Waals surface area (Å²) in [6, 6.07) is 3.53. The van der Waals surface area contributed by atoms with Crippen LogP contribution in [0.5, 0.6) is 0 Å². The van der Waals surface area contributed by atoms with Crippen molar-refractivity contribution >= 4 is 23.4 Å². The predicted octanol–water partition coefficient (Wildman–Crippen LogP) is 2.58. The van der Waals surface area contributed by atoms with Gasteiger partial charge in [-0.25, -0.2) is 9.78 Å². The normalized spacial score (nSPS) is 19.5. The Balaban J connectivity index is 1.98. The van der Waals surface area contributed by atoms with Crippen LogP contribution in [0.15, 0.2) is 12.1 Å². The fourth-order valence-corrected chi connectivity index (χ4v) is 2.63. The van der Waals surface area contributed by atoms with E-state index in [1.807, 2.05) is 0 Å². The molecule has 5 nitrogen and oxygen atoms in total. The van der Waals surface area contributed by atoms with Crippen LogP contribution >= 0.6 is 11.6 Å². The second-order valence-corrected chi connectivity index (χ2v) is 5.85. The Morgan fingerprint density at radius 2 is 2.35 bits per heavy atom. The Morgan fingerprint density at radius 3 is 2.95 bits per heavy atom. The summed E-state index contributed by atoms with van der Waals surface area (Å²) in [7, 11) is 0. The highest BCUT2D eigenvalue weighted by Gasteiger charge is 2.24. The number of aromatic nitrogens is 1. The number of carboxylic acids is 1. The van der Waals surface area contributed by atoms with Crippen LogP contribution in [0.25, 0.3) is 0 Å². The van der Waals surface area contributed by atoms with Gasteiger partial charge in [0.25, 0.3) is 0 Å². The molecule has 6 heteroatoms. The molecule has 0 aromatic carbocycles. The van der Waals surface area contributed by atoms with E-state index >= 15 is 0 Å². The molecule has 2 rings (SSSR count). The van der Waals surface area contributed by atoms with Crippen LogP contribution in [-0.2, 0) is 0 Å². The third kappa shape index (κ3) is 3.61. The maximum Gasteiger partial charge on any atom is 0.339 e. The highest BCUT2D eigenvalue weighted by molar-refractivity contribution is 6.29. The Kier molecular flexibility index (Phi) is 4.83. The number of hydrogen-bond donors (Lipinski definition) is 2. The van der Waals surface area contributed by atoms with E-state index in [1.165, 1.54) is 12.1 Å². The summed E-state index contributed by atoms with van der Waals surface area (Å²) in [6.07, 6.45) is 1.12. The second-order valence-electron chi connectivity index (χ2n) is 5.46. The fourth-order valence-electron chi connectivity index (χ4n) is 2.48. The van der Waals surface area contributed by atoms with E-state index in [4.69, 9.17) is 16.7 Å². The summed E-state index contributed by atoms with van der Waals surface area (Å²) in [6.45, 7) is 7.23. The minimum Gasteiger partial charge on any atom is -0.478 e. The average Bonchev–Trinajstić information content (AvgIpc) is 2.85. The first-order chi connectivity index (χ1) is 9.47. The lowest BCUT2D eigenvalue weighted by atomic mass is 10.1. The first kappa shape index (κ1) is 15.1. The summed E-state index contributed by atoms with van der Waals surface area (Å²) >= 11 is 5.83. The van der Waals surface area contributed by atoms with Crippen molar-refractivity contribution in [2.24, 2.45) is 5.92 Å². The van der Waals surface area contributed by atoms with Crippen LogP contribution in [0.1, 0.15) is 30.6 Å². The van der Waals surface area contributed by atoms with Crippen molar-refractivity contribution in [3.8, 4) is 0 Å². The lowest BCUT2D eigenvalue weighted by Crippen LogP contribution is -2.29. The number of hydrogen-bond acceptors (Lipinski definition) is 4. The summed E-state index contributed by atoms with van der Waals surface area (Å²) in [5.41, 5.74) is 0.160. The molecule has 1 atom stereocenters.